The molecule has 0 amide bonds. The van der Waals surface area contributed by atoms with E-state index in [9.17, 15) is 0 Å². The number of fused-ring (bicyclic) bond motifs is 9. The number of aryl methyl sites for hydroxylation is 1. The molecule has 1 nitrogen and oxygen atoms in total. The van der Waals surface area contributed by atoms with Gasteiger partial charge < -0.3 is 0 Å². The first-order chi connectivity index (χ1) is 14.5. The summed E-state index contributed by atoms with van der Waals surface area (Å²) in [5, 5.41) is 5.65. The van der Waals surface area contributed by atoms with Crippen molar-refractivity contribution in [3.63, 3.8) is 0 Å². The summed E-state index contributed by atoms with van der Waals surface area (Å²) in [5.41, 5.74) is 8.41. The Hall–Kier alpha value is -2.80. The molecule has 0 saturated carbocycles. The average Bonchev–Trinajstić information content (AvgIpc) is 3.33. The van der Waals surface area contributed by atoms with Crippen LogP contribution in [0.1, 0.15) is 25.0 Å². The van der Waals surface area contributed by atoms with E-state index in [0.29, 0.717) is 14.5 Å². The van der Waals surface area contributed by atoms with E-state index >= 15 is 0 Å². The van der Waals surface area contributed by atoms with Crippen LogP contribution in [-0.4, -0.2) is 19.1 Å². The first kappa shape index (κ1) is 16.9. The fourth-order valence-corrected chi connectivity index (χ4v) is 7.98. The molecule has 0 N–H and O–H groups in total. The molecule has 6 aromatic rings. The molecule has 4 aromatic carbocycles. The van der Waals surface area contributed by atoms with Gasteiger partial charge in [-0.3, -0.25) is 0 Å². The van der Waals surface area contributed by atoms with Crippen LogP contribution in [0.5, 0.6) is 0 Å². The molecule has 0 radical (unpaired) electrons. The third-order valence-electron chi connectivity index (χ3n) is 7.21. The van der Waals surface area contributed by atoms with Crippen molar-refractivity contribution in [2.45, 2.75) is 19.3 Å². The van der Waals surface area contributed by atoms with Crippen LogP contribution < -0.4 is 0 Å². The molecule has 2 heteroatoms. The molecule has 30 heavy (non-hydrogen) atoms. The predicted octanol–water partition coefficient (Wildman–Crippen LogP) is 7.00. The summed E-state index contributed by atoms with van der Waals surface area (Å²) in [6, 6.07) is 27.7. The van der Waals surface area contributed by atoms with Gasteiger partial charge in [0.25, 0.3) is 0 Å². The van der Waals surface area contributed by atoms with Gasteiger partial charge in [-0.2, -0.15) is 0 Å². The maximum absolute atomic E-state index is 2.48. The number of aromatic nitrogens is 1. The van der Waals surface area contributed by atoms with E-state index in [1.54, 1.807) is 0 Å². The van der Waals surface area contributed by atoms with Gasteiger partial charge >= 0.3 is 182 Å². The molecule has 7 rings (SSSR count). The summed E-state index contributed by atoms with van der Waals surface area (Å²) < 4.78 is 5.43. The van der Waals surface area contributed by atoms with E-state index in [1.807, 2.05) is 0 Å². The van der Waals surface area contributed by atoms with Crippen LogP contribution >= 0.6 is 0 Å². The second-order valence-electron chi connectivity index (χ2n) is 9.11. The molecule has 1 aliphatic carbocycles. The Labute approximate surface area is 181 Å². The van der Waals surface area contributed by atoms with Gasteiger partial charge in [0.05, 0.1) is 0 Å². The third kappa shape index (κ3) is 1.94. The van der Waals surface area contributed by atoms with Crippen molar-refractivity contribution in [3.8, 4) is 11.1 Å². The summed E-state index contributed by atoms with van der Waals surface area (Å²) in [4.78, 5) is 0. The molecule has 0 aliphatic heterocycles. The number of rotatable bonds is 0. The Balaban J connectivity index is 1.63. The molecule has 0 spiro atoms. The van der Waals surface area contributed by atoms with Gasteiger partial charge in [0.2, 0.25) is 0 Å². The van der Waals surface area contributed by atoms with Crippen LogP contribution in [0.25, 0.3) is 52.2 Å². The van der Waals surface area contributed by atoms with Crippen molar-refractivity contribution in [2.75, 3.05) is 0 Å². The molecule has 144 valence electrons. The molecule has 1 aliphatic rings. The Morgan fingerprint density at radius 3 is 2.27 bits per heavy atom. The van der Waals surface area contributed by atoms with Crippen molar-refractivity contribution >= 4 is 55.6 Å². The molecule has 0 fully saturated rings. The van der Waals surface area contributed by atoms with Crippen LogP contribution in [0.15, 0.2) is 72.8 Å². The van der Waals surface area contributed by atoms with Crippen LogP contribution in [0.4, 0.5) is 0 Å². The molecule has 0 unspecified atom stereocenters. The normalized spacial score (nSPS) is 14.8. The van der Waals surface area contributed by atoms with E-state index in [4.69, 9.17) is 0 Å². The summed E-state index contributed by atoms with van der Waals surface area (Å²) in [5.74, 6) is 0. The summed E-state index contributed by atoms with van der Waals surface area (Å²) in [7, 11) is 2.22. The van der Waals surface area contributed by atoms with Gasteiger partial charge in [0, 0.05) is 0 Å². The van der Waals surface area contributed by atoms with Gasteiger partial charge in [-0.05, 0) is 0 Å². The summed E-state index contributed by atoms with van der Waals surface area (Å²) >= 11 is 0.397. The van der Waals surface area contributed by atoms with Crippen LogP contribution in [0.3, 0.4) is 0 Å². The van der Waals surface area contributed by atoms with E-state index in [1.165, 1.54) is 63.4 Å². The first-order valence-corrected chi connectivity index (χ1v) is 12.2. The minimum absolute atomic E-state index is 0.0409. The fraction of sp³-hybridized carbons (Fsp3) is 0.143. The Kier molecular flexibility index (Phi) is 3.08. The van der Waals surface area contributed by atoms with Crippen LogP contribution in [0.2, 0.25) is 0 Å². The van der Waals surface area contributed by atoms with E-state index in [-0.39, 0.29) is 5.41 Å². The molecular formula is C28H21NSe. The first-order valence-electron chi connectivity index (χ1n) is 10.5. The minimum atomic E-state index is 0.0409. The average molecular weight is 450 g/mol. The van der Waals surface area contributed by atoms with Crippen molar-refractivity contribution in [2.24, 2.45) is 7.05 Å². The molecular weight excluding hydrogens is 429 g/mol. The standard InChI is InChI=1S/C28H21NSe/c1-28(2)22-10-6-4-8-16(22)18-13-24-19(12-23(18)28)20-15-27-21(14-25(20)29(24)3)17-9-5-7-11-26(17)30-27/h4-15H,1-3H3. The van der Waals surface area contributed by atoms with Gasteiger partial charge in [-0.25, -0.2) is 0 Å². The Morgan fingerprint density at radius 2 is 1.37 bits per heavy atom. The van der Waals surface area contributed by atoms with Crippen molar-refractivity contribution in [1.29, 1.82) is 0 Å². The van der Waals surface area contributed by atoms with Gasteiger partial charge in [-0.15, -0.1) is 0 Å². The van der Waals surface area contributed by atoms with E-state index < -0.39 is 0 Å². The molecule has 2 heterocycles. The monoisotopic (exact) mass is 451 g/mol. The third-order valence-corrected chi connectivity index (χ3v) is 9.59. The van der Waals surface area contributed by atoms with Gasteiger partial charge in [0.1, 0.15) is 0 Å². The number of nitrogens with zero attached hydrogens (tertiary/aromatic N) is 1. The number of benzene rings is 4. The zero-order chi connectivity index (χ0) is 20.2. The van der Waals surface area contributed by atoms with Gasteiger partial charge in [-0.1, -0.05) is 0 Å². The zero-order valence-electron chi connectivity index (χ0n) is 17.3. The molecule has 2 aromatic heterocycles. The maximum atomic E-state index is 2.48. The second kappa shape index (κ2) is 5.46. The fourth-order valence-electron chi connectivity index (χ4n) is 5.61. The molecule has 0 bridgehead atoms. The van der Waals surface area contributed by atoms with Crippen LogP contribution in [-0.2, 0) is 12.5 Å². The quantitative estimate of drug-likeness (QED) is 0.220. The van der Waals surface area contributed by atoms with Gasteiger partial charge in [0.15, 0.2) is 0 Å². The second-order valence-corrected chi connectivity index (χ2v) is 11.4. The molecule has 0 atom stereocenters. The van der Waals surface area contributed by atoms with Crippen molar-refractivity contribution in [3.05, 3.63) is 83.9 Å². The number of hydrogen-bond acceptors (Lipinski definition) is 0. The van der Waals surface area contributed by atoms with E-state index in [2.05, 4.69) is 98.3 Å². The molecule has 0 saturated heterocycles. The Morgan fingerprint density at radius 1 is 0.633 bits per heavy atom. The SMILES string of the molecule is Cn1c2cc3c(cc2c2cc4[se]c5ccccc5c4cc21)C(C)(C)c1ccccc1-3. The Bertz CT molecular complexity index is 1680. The van der Waals surface area contributed by atoms with Crippen molar-refractivity contribution < 1.29 is 0 Å². The summed E-state index contributed by atoms with van der Waals surface area (Å²) in [6.07, 6.45) is 0. The zero-order valence-corrected chi connectivity index (χ0v) is 19.0. The van der Waals surface area contributed by atoms with E-state index in [0.717, 1.165) is 0 Å². The topological polar surface area (TPSA) is 4.93 Å². The van der Waals surface area contributed by atoms with Crippen molar-refractivity contribution in [1.82, 2.24) is 4.57 Å². The van der Waals surface area contributed by atoms with Crippen LogP contribution in [0, 0.1) is 0 Å². The summed E-state index contributed by atoms with van der Waals surface area (Å²) in [6.45, 7) is 4.73. The predicted molar refractivity (Wildman–Crippen MR) is 130 cm³/mol. The number of hydrogen-bond donors (Lipinski definition) is 0.